The molecule has 0 N–H and O–H groups in total. The van der Waals surface area contributed by atoms with Gasteiger partial charge >= 0.3 is 0 Å². The van der Waals surface area contributed by atoms with Crippen LogP contribution in [0, 0.1) is 0 Å². The van der Waals surface area contributed by atoms with Gasteiger partial charge in [-0.05, 0) is 75.8 Å². The minimum atomic E-state index is 0.871. The molecule has 0 amide bonds. The first-order chi connectivity index (χ1) is 24.3. The normalized spacial score (nSPS) is 11.7. The lowest BCUT2D eigenvalue weighted by Crippen LogP contribution is -2.10. The summed E-state index contributed by atoms with van der Waals surface area (Å²) in [5.41, 5.74) is 9.53. The predicted molar refractivity (Wildman–Crippen MR) is 207 cm³/mol. The number of hydrogen-bond acceptors (Lipinski definition) is 4. The Kier molecular flexibility index (Phi) is 6.36. The molecule has 0 saturated heterocycles. The Morgan fingerprint density at radius 3 is 1.96 bits per heavy atom. The summed E-state index contributed by atoms with van der Waals surface area (Å²) in [5, 5.41) is 8.09. The van der Waals surface area contributed by atoms with Crippen molar-refractivity contribution >= 4 is 82.1 Å². The lowest BCUT2D eigenvalue weighted by atomic mass is 10.00. The van der Waals surface area contributed by atoms with E-state index in [1.54, 1.807) is 11.3 Å². The van der Waals surface area contributed by atoms with Gasteiger partial charge in [0.25, 0.3) is 0 Å². The predicted octanol–water partition coefficient (Wildman–Crippen LogP) is 13.3. The minimum absolute atomic E-state index is 0.871. The highest BCUT2D eigenvalue weighted by Gasteiger charge is 2.20. The Balaban J connectivity index is 1.23. The summed E-state index contributed by atoms with van der Waals surface area (Å²) in [7, 11) is 0. The zero-order valence-electron chi connectivity index (χ0n) is 26.4. The third-order valence-corrected chi connectivity index (χ3v) is 10.6. The molecule has 8 aromatic carbocycles. The molecule has 0 spiro atoms. The number of rotatable bonds is 5. The largest absolute Gasteiger partial charge is 0.456 e. The minimum Gasteiger partial charge on any atom is -0.456 e. The zero-order valence-corrected chi connectivity index (χ0v) is 27.2. The van der Waals surface area contributed by atoms with Gasteiger partial charge in [0.15, 0.2) is 0 Å². The van der Waals surface area contributed by atoms with Crippen LogP contribution in [-0.2, 0) is 0 Å². The van der Waals surface area contributed by atoms with Crippen LogP contribution in [-0.4, -0.2) is 4.98 Å². The molecule has 0 radical (unpaired) electrons. The van der Waals surface area contributed by atoms with Crippen LogP contribution in [0.15, 0.2) is 174 Å². The molecule has 49 heavy (non-hydrogen) atoms. The SMILES string of the molecule is c1ccc(-c2ccc(N(c3ccc4ccc5ccc6nc(-c7ccccc7)sc6c5c4c3)c3cccc4oc5ccccc5c34)cc2)cc1. The van der Waals surface area contributed by atoms with Gasteiger partial charge in [-0.25, -0.2) is 4.98 Å². The van der Waals surface area contributed by atoms with E-state index in [2.05, 4.69) is 163 Å². The van der Waals surface area contributed by atoms with E-state index in [0.717, 1.165) is 55.1 Å². The topological polar surface area (TPSA) is 29.3 Å². The first-order valence-electron chi connectivity index (χ1n) is 16.5. The molecule has 3 nitrogen and oxygen atoms in total. The van der Waals surface area contributed by atoms with Crippen LogP contribution in [0.3, 0.4) is 0 Å². The standard InChI is InChI=1S/C45H28N2OS/c1-3-10-29(11-4-1)30-20-24-34(25-21-30)47(39-15-9-17-41-43(39)36-14-7-8-16-40(36)48-41)35-26-22-31-18-19-32-23-27-38-44(42(32)37(31)28-35)49-45(46-38)33-12-5-2-6-13-33/h1-28H. The fourth-order valence-electron chi connectivity index (χ4n) is 7.16. The van der Waals surface area contributed by atoms with Crippen molar-refractivity contribution in [3.63, 3.8) is 0 Å². The summed E-state index contributed by atoms with van der Waals surface area (Å²) in [6.45, 7) is 0. The van der Waals surface area contributed by atoms with E-state index in [4.69, 9.17) is 9.40 Å². The second-order valence-electron chi connectivity index (χ2n) is 12.4. The highest BCUT2D eigenvalue weighted by Crippen LogP contribution is 2.45. The first-order valence-corrected chi connectivity index (χ1v) is 17.3. The van der Waals surface area contributed by atoms with Gasteiger partial charge in [0, 0.05) is 27.7 Å². The van der Waals surface area contributed by atoms with E-state index in [0.29, 0.717) is 0 Å². The summed E-state index contributed by atoms with van der Waals surface area (Å²) in [5.74, 6) is 0. The van der Waals surface area contributed by atoms with Crippen molar-refractivity contribution in [3.8, 4) is 21.7 Å². The molecule has 0 unspecified atom stereocenters. The van der Waals surface area contributed by atoms with E-state index in [-0.39, 0.29) is 0 Å². The fourth-order valence-corrected chi connectivity index (χ4v) is 8.30. The van der Waals surface area contributed by atoms with Crippen LogP contribution >= 0.6 is 11.3 Å². The molecule has 2 heterocycles. The van der Waals surface area contributed by atoms with Gasteiger partial charge in [0.05, 0.1) is 21.3 Å². The van der Waals surface area contributed by atoms with E-state index >= 15 is 0 Å². The molecular weight excluding hydrogens is 617 g/mol. The van der Waals surface area contributed by atoms with E-state index in [1.807, 2.05) is 12.1 Å². The summed E-state index contributed by atoms with van der Waals surface area (Å²) in [4.78, 5) is 7.46. The Morgan fingerprint density at radius 1 is 0.469 bits per heavy atom. The molecule has 10 aromatic rings. The Morgan fingerprint density at radius 2 is 1.12 bits per heavy atom. The van der Waals surface area contributed by atoms with Gasteiger partial charge < -0.3 is 9.32 Å². The van der Waals surface area contributed by atoms with Crippen LogP contribution in [0.4, 0.5) is 17.1 Å². The molecule has 0 bridgehead atoms. The van der Waals surface area contributed by atoms with Crippen LogP contribution in [0.2, 0.25) is 0 Å². The van der Waals surface area contributed by atoms with Crippen molar-refractivity contribution in [2.75, 3.05) is 4.90 Å². The number of fused-ring (bicyclic) bond motifs is 8. The highest BCUT2D eigenvalue weighted by atomic mass is 32.1. The number of para-hydroxylation sites is 1. The summed E-state index contributed by atoms with van der Waals surface area (Å²) in [6, 6.07) is 60.2. The van der Waals surface area contributed by atoms with Crippen LogP contribution in [0.5, 0.6) is 0 Å². The van der Waals surface area contributed by atoms with Crippen LogP contribution in [0.1, 0.15) is 0 Å². The van der Waals surface area contributed by atoms with E-state index < -0.39 is 0 Å². The molecule has 10 rings (SSSR count). The van der Waals surface area contributed by atoms with Crippen molar-refractivity contribution in [2.45, 2.75) is 0 Å². The third kappa shape index (κ3) is 4.61. The van der Waals surface area contributed by atoms with Crippen molar-refractivity contribution in [2.24, 2.45) is 0 Å². The fraction of sp³-hybridized carbons (Fsp3) is 0. The Labute approximate surface area is 286 Å². The van der Waals surface area contributed by atoms with Crippen molar-refractivity contribution in [1.82, 2.24) is 4.98 Å². The molecule has 0 atom stereocenters. The van der Waals surface area contributed by atoms with E-state index in [1.165, 1.54) is 37.4 Å². The summed E-state index contributed by atoms with van der Waals surface area (Å²) >= 11 is 1.77. The quantitative estimate of drug-likeness (QED) is 0.175. The second kappa shape index (κ2) is 11.2. The van der Waals surface area contributed by atoms with Crippen LogP contribution in [0.25, 0.3) is 75.4 Å². The van der Waals surface area contributed by atoms with Gasteiger partial charge in [-0.15, -0.1) is 11.3 Å². The number of anilines is 3. The molecule has 0 aliphatic rings. The molecule has 230 valence electrons. The van der Waals surface area contributed by atoms with Crippen molar-refractivity contribution in [1.29, 1.82) is 0 Å². The monoisotopic (exact) mass is 644 g/mol. The zero-order chi connectivity index (χ0) is 32.3. The third-order valence-electron chi connectivity index (χ3n) is 9.47. The first kappa shape index (κ1) is 27.8. The Hall–Kier alpha value is -6.23. The molecule has 0 aliphatic carbocycles. The second-order valence-corrected chi connectivity index (χ2v) is 13.4. The smallest absolute Gasteiger partial charge is 0.137 e. The van der Waals surface area contributed by atoms with Gasteiger partial charge in [-0.2, -0.15) is 0 Å². The van der Waals surface area contributed by atoms with Gasteiger partial charge in [0.2, 0.25) is 0 Å². The van der Waals surface area contributed by atoms with Crippen LogP contribution < -0.4 is 4.90 Å². The van der Waals surface area contributed by atoms with Gasteiger partial charge in [-0.1, -0.05) is 121 Å². The van der Waals surface area contributed by atoms with Crippen molar-refractivity contribution < 1.29 is 4.42 Å². The lowest BCUT2D eigenvalue weighted by Gasteiger charge is -2.27. The number of aromatic nitrogens is 1. The molecular formula is C45H28N2OS. The molecule has 2 aromatic heterocycles. The van der Waals surface area contributed by atoms with Crippen molar-refractivity contribution in [3.05, 3.63) is 170 Å². The summed E-state index contributed by atoms with van der Waals surface area (Å²) in [6.07, 6.45) is 0. The maximum Gasteiger partial charge on any atom is 0.137 e. The number of nitrogens with zero attached hydrogens (tertiary/aromatic N) is 2. The molecule has 0 saturated carbocycles. The maximum absolute atomic E-state index is 6.37. The number of furan rings is 1. The average Bonchev–Trinajstić information content (AvgIpc) is 3.78. The molecule has 0 fully saturated rings. The Bertz CT molecular complexity index is 2820. The number of benzene rings is 8. The number of hydrogen-bond donors (Lipinski definition) is 0. The lowest BCUT2D eigenvalue weighted by molar-refractivity contribution is 0.669. The average molecular weight is 645 g/mol. The maximum atomic E-state index is 6.37. The number of thiazole rings is 1. The highest BCUT2D eigenvalue weighted by molar-refractivity contribution is 7.22. The molecule has 4 heteroatoms. The summed E-state index contributed by atoms with van der Waals surface area (Å²) < 4.78 is 7.58. The van der Waals surface area contributed by atoms with Gasteiger partial charge in [0.1, 0.15) is 16.2 Å². The van der Waals surface area contributed by atoms with E-state index in [9.17, 15) is 0 Å². The van der Waals surface area contributed by atoms with Gasteiger partial charge in [-0.3, -0.25) is 0 Å². The molecule has 0 aliphatic heterocycles.